The van der Waals surface area contributed by atoms with Crippen LogP contribution >= 0.6 is 22.9 Å². The molecule has 0 fully saturated rings. The van der Waals surface area contributed by atoms with Crippen LogP contribution in [0.25, 0.3) is 5.57 Å². The number of halogens is 4. The Hall–Kier alpha value is -2.26. The zero-order valence-electron chi connectivity index (χ0n) is 11.9. The molecule has 0 aliphatic rings. The van der Waals surface area contributed by atoms with Crippen LogP contribution in [0.5, 0.6) is 10.9 Å². The third-order valence-corrected chi connectivity index (χ3v) is 4.02. The van der Waals surface area contributed by atoms with Crippen molar-refractivity contribution >= 4 is 34.5 Å². The zero-order valence-corrected chi connectivity index (χ0v) is 13.5. The van der Waals surface area contributed by atoms with Crippen molar-refractivity contribution in [2.45, 2.75) is 6.18 Å². The number of hydrogen-bond acceptors (Lipinski definition) is 6. The summed E-state index contributed by atoms with van der Waals surface area (Å²) in [5.41, 5.74) is -0.286. The molecule has 128 valence electrons. The van der Waals surface area contributed by atoms with Gasteiger partial charge < -0.3 is 19.4 Å². The zero-order chi connectivity index (χ0) is 17.9. The molecule has 0 bridgehead atoms. The van der Waals surface area contributed by atoms with Gasteiger partial charge in [-0.15, -0.1) is 0 Å². The minimum atomic E-state index is -4.66. The van der Waals surface area contributed by atoms with Gasteiger partial charge in [-0.05, 0) is 6.07 Å². The Kier molecular flexibility index (Phi) is 5.35. The van der Waals surface area contributed by atoms with Gasteiger partial charge in [-0.3, -0.25) is 0 Å². The van der Waals surface area contributed by atoms with Gasteiger partial charge in [0.05, 0.1) is 19.3 Å². The Labute approximate surface area is 142 Å². The van der Waals surface area contributed by atoms with Crippen molar-refractivity contribution in [3.8, 4) is 10.9 Å². The van der Waals surface area contributed by atoms with Crippen molar-refractivity contribution in [1.82, 2.24) is 4.98 Å². The number of para-hydroxylation sites is 1. The summed E-state index contributed by atoms with van der Waals surface area (Å²) >= 11 is 5.66. The Morgan fingerprint density at radius 1 is 1.38 bits per heavy atom. The maximum Gasteiger partial charge on any atom is 0.428 e. The van der Waals surface area contributed by atoms with Gasteiger partial charge in [0.1, 0.15) is 5.75 Å². The molecule has 2 aromatic rings. The first-order valence-corrected chi connectivity index (χ1v) is 7.38. The van der Waals surface area contributed by atoms with Gasteiger partial charge in [0.2, 0.25) is 0 Å². The molecule has 5 nitrogen and oxygen atoms in total. The number of aromatic nitrogens is 1. The molecule has 0 aliphatic heterocycles. The number of rotatable bonds is 5. The van der Waals surface area contributed by atoms with E-state index in [1.165, 1.54) is 31.4 Å². The summed E-state index contributed by atoms with van der Waals surface area (Å²) in [5, 5.41) is 10.1. The van der Waals surface area contributed by atoms with Crippen LogP contribution in [-0.4, -0.2) is 18.1 Å². The van der Waals surface area contributed by atoms with Gasteiger partial charge in [-0.2, -0.15) is 18.2 Å². The summed E-state index contributed by atoms with van der Waals surface area (Å²) in [6.45, 7) is 0. The molecular weight excluding hydrogens is 371 g/mol. The lowest BCUT2D eigenvalue weighted by atomic mass is 10.1. The molecule has 2 rings (SSSR count). The SMILES string of the molecule is CO/C=C(/C(=O)[O-])c1ccccc1Oc1nc(Cl)c(C(F)(F)F)s1. The van der Waals surface area contributed by atoms with Crippen LogP contribution in [0.3, 0.4) is 0 Å². The number of ether oxygens (including phenoxy) is 2. The molecule has 0 spiro atoms. The maximum absolute atomic E-state index is 12.7. The van der Waals surface area contributed by atoms with Gasteiger partial charge in [0.25, 0.3) is 5.19 Å². The Balaban J connectivity index is 2.42. The fourth-order valence-electron chi connectivity index (χ4n) is 1.71. The van der Waals surface area contributed by atoms with Gasteiger partial charge in [-0.25, -0.2) is 0 Å². The molecule has 0 radical (unpaired) electrons. The van der Waals surface area contributed by atoms with E-state index < -0.39 is 22.2 Å². The molecule has 24 heavy (non-hydrogen) atoms. The number of methoxy groups -OCH3 is 1. The number of benzene rings is 1. The highest BCUT2D eigenvalue weighted by atomic mass is 35.5. The minimum absolute atomic E-state index is 0.0378. The number of nitrogens with zero attached hydrogens (tertiary/aromatic N) is 1. The van der Waals surface area contributed by atoms with Gasteiger partial charge in [0, 0.05) is 11.1 Å². The number of thiazole rings is 1. The minimum Gasteiger partial charge on any atom is -0.545 e. The maximum atomic E-state index is 12.7. The lowest BCUT2D eigenvalue weighted by molar-refractivity contribution is -0.295. The lowest BCUT2D eigenvalue weighted by Crippen LogP contribution is -2.24. The number of carboxylic acid groups (broad SMARTS) is 1. The molecular formula is C14H8ClF3NO4S-. The molecule has 0 saturated carbocycles. The van der Waals surface area contributed by atoms with E-state index in [1.807, 2.05) is 0 Å². The summed E-state index contributed by atoms with van der Waals surface area (Å²) in [6, 6.07) is 5.78. The number of carboxylic acids is 1. The normalized spacial score (nSPS) is 12.1. The quantitative estimate of drug-likeness (QED) is 0.589. The number of aliphatic carboxylic acids is 1. The monoisotopic (exact) mass is 378 g/mol. The standard InChI is InChI=1S/C14H9ClF3NO4S/c1-22-6-8(12(20)21)7-4-2-3-5-9(7)23-13-19-11(15)10(24-13)14(16,17)18/h2-6H,1H3,(H,20,21)/p-1/b8-6+. The summed E-state index contributed by atoms with van der Waals surface area (Å²) in [5.74, 6) is -1.58. The van der Waals surface area contributed by atoms with E-state index in [-0.39, 0.29) is 33.4 Å². The summed E-state index contributed by atoms with van der Waals surface area (Å²) in [7, 11) is 1.24. The number of carbonyl (C=O) groups excluding carboxylic acids is 1. The predicted molar refractivity (Wildman–Crippen MR) is 78.6 cm³/mol. The second-order valence-corrected chi connectivity index (χ2v) is 5.57. The third kappa shape index (κ3) is 3.98. The summed E-state index contributed by atoms with van der Waals surface area (Å²) in [6.07, 6.45) is -3.74. The van der Waals surface area contributed by atoms with Crippen molar-refractivity contribution in [3.63, 3.8) is 0 Å². The van der Waals surface area contributed by atoms with Crippen LogP contribution in [0.2, 0.25) is 5.15 Å². The van der Waals surface area contributed by atoms with Crippen LogP contribution in [0.15, 0.2) is 30.5 Å². The molecule has 1 aromatic carbocycles. The lowest BCUT2D eigenvalue weighted by Gasteiger charge is -2.13. The molecule has 0 atom stereocenters. The van der Waals surface area contributed by atoms with Gasteiger partial charge in [0.15, 0.2) is 10.0 Å². The van der Waals surface area contributed by atoms with E-state index in [2.05, 4.69) is 9.72 Å². The molecule has 10 heteroatoms. The highest BCUT2D eigenvalue weighted by molar-refractivity contribution is 7.14. The van der Waals surface area contributed by atoms with E-state index >= 15 is 0 Å². The van der Waals surface area contributed by atoms with Crippen molar-refractivity contribution in [2.24, 2.45) is 0 Å². The predicted octanol–water partition coefficient (Wildman–Crippen LogP) is 3.34. The van der Waals surface area contributed by atoms with Crippen LogP contribution < -0.4 is 9.84 Å². The first-order valence-electron chi connectivity index (χ1n) is 6.19. The van der Waals surface area contributed by atoms with Crippen molar-refractivity contribution in [1.29, 1.82) is 0 Å². The summed E-state index contributed by atoms with van der Waals surface area (Å²) in [4.78, 5) is 13.6. The number of alkyl halides is 3. The van der Waals surface area contributed by atoms with Gasteiger partial charge in [-0.1, -0.05) is 41.1 Å². The van der Waals surface area contributed by atoms with Crippen molar-refractivity contribution < 1.29 is 32.5 Å². The second-order valence-electron chi connectivity index (χ2n) is 4.25. The largest absolute Gasteiger partial charge is 0.545 e. The molecule has 0 amide bonds. The average molecular weight is 379 g/mol. The van der Waals surface area contributed by atoms with E-state index in [1.54, 1.807) is 0 Å². The second kappa shape index (κ2) is 7.10. The van der Waals surface area contributed by atoms with E-state index in [9.17, 15) is 23.1 Å². The molecule has 1 aromatic heterocycles. The fraction of sp³-hybridized carbons (Fsp3) is 0.143. The highest BCUT2D eigenvalue weighted by Crippen LogP contribution is 2.43. The Bertz CT molecular complexity index is 789. The fourth-order valence-corrected chi connectivity index (χ4v) is 2.75. The average Bonchev–Trinajstić information content (AvgIpc) is 2.86. The van der Waals surface area contributed by atoms with Crippen LogP contribution in [-0.2, 0) is 15.7 Å². The first-order chi connectivity index (χ1) is 11.2. The summed E-state index contributed by atoms with van der Waals surface area (Å²) < 4.78 is 48.2. The molecule has 0 unspecified atom stereocenters. The van der Waals surface area contributed by atoms with E-state index in [4.69, 9.17) is 16.3 Å². The number of hydrogen-bond donors (Lipinski definition) is 0. The topological polar surface area (TPSA) is 71.5 Å². The molecule has 0 aliphatic carbocycles. The smallest absolute Gasteiger partial charge is 0.428 e. The third-order valence-electron chi connectivity index (χ3n) is 2.65. The van der Waals surface area contributed by atoms with Crippen LogP contribution in [0.1, 0.15) is 10.4 Å². The first kappa shape index (κ1) is 18.1. The molecule has 0 N–H and O–H groups in total. The van der Waals surface area contributed by atoms with E-state index in [0.717, 1.165) is 6.26 Å². The Morgan fingerprint density at radius 3 is 2.58 bits per heavy atom. The Morgan fingerprint density at radius 2 is 2.04 bits per heavy atom. The van der Waals surface area contributed by atoms with Crippen LogP contribution in [0.4, 0.5) is 13.2 Å². The van der Waals surface area contributed by atoms with Gasteiger partial charge >= 0.3 is 6.18 Å². The van der Waals surface area contributed by atoms with Crippen molar-refractivity contribution in [3.05, 3.63) is 46.1 Å². The molecule has 0 saturated heterocycles. The van der Waals surface area contributed by atoms with E-state index in [0.29, 0.717) is 0 Å². The molecule has 1 heterocycles. The number of carbonyl (C=O) groups is 1. The van der Waals surface area contributed by atoms with Crippen LogP contribution in [0, 0.1) is 0 Å². The highest BCUT2D eigenvalue weighted by Gasteiger charge is 2.37. The van der Waals surface area contributed by atoms with Crippen molar-refractivity contribution in [2.75, 3.05) is 7.11 Å².